The van der Waals surface area contributed by atoms with Crippen LogP contribution in [0, 0.1) is 15.9 Å². The van der Waals surface area contributed by atoms with Gasteiger partial charge in [0.15, 0.2) is 0 Å². The lowest BCUT2D eigenvalue weighted by Gasteiger charge is -2.18. The molecule has 2 atom stereocenters. The summed E-state index contributed by atoms with van der Waals surface area (Å²) in [6.45, 7) is 1.88. The quantitative estimate of drug-likeness (QED) is 0.331. The van der Waals surface area contributed by atoms with Gasteiger partial charge < -0.3 is 9.47 Å². The average Bonchev–Trinajstić information content (AvgIpc) is 3.12. The van der Waals surface area contributed by atoms with Gasteiger partial charge in [-0.25, -0.2) is 4.39 Å². The standard InChI is InChI=1S/C23H18FNO5/c1-2-29-23(26)21-18-12-17(14-6-4-3-5-7-14)19(25(27)28)13-20(18)30-22(21)15-8-10-16(24)11-9-15/h3-13,21-22H,2H2,1H3. The number of carbonyl (C=O) groups excluding carboxylic acids is 1. The minimum Gasteiger partial charge on any atom is -0.484 e. The largest absolute Gasteiger partial charge is 0.484 e. The Morgan fingerprint density at radius 3 is 2.47 bits per heavy atom. The van der Waals surface area contributed by atoms with Gasteiger partial charge in [0.2, 0.25) is 0 Å². The summed E-state index contributed by atoms with van der Waals surface area (Å²) in [5.74, 6) is -1.50. The van der Waals surface area contributed by atoms with E-state index in [1.165, 1.54) is 30.3 Å². The van der Waals surface area contributed by atoms with Gasteiger partial charge in [-0.3, -0.25) is 14.9 Å². The second-order valence-electron chi connectivity index (χ2n) is 6.85. The first-order chi connectivity index (χ1) is 14.5. The van der Waals surface area contributed by atoms with Gasteiger partial charge in [0.05, 0.1) is 23.2 Å². The Hall–Kier alpha value is -3.74. The molecule has 152 valence electrons. The van der Waals surface area contributed by atoms with Crippen LogP contribution in [0.2, 0.25) is 0 Å². The van der Waals surface area contributed by atoms with E-state index in [1.54, 1.807) is 37.3 Å². The number of ether oxygens (including phenoxy) is 2. The fraction of sp³-hybridized carbons (Fsp3) is 0.174. The molecule has 7 heteroatoms. The molecule has 3 aromatic carbocycles. The highest BCUT2D eigenvalue weighted by Gasteiger charge is 2.43. The summed E-state index contributed by atoms with van der Waals surface area (Å²) >= 11 is 0. The second kappa shape index (κ2) is 7.94. The number of hydrogen-bond donors (Lipinski definition) is 0. The minimum atomic E-state index is -0.825. The predicted molar refractivity (Wildman–Crippen MR) is 108 cm³/mol. The van der Waals surface area contributed by atoms with E-state index in [4.69, 9.17) is 9.47 Å². The van der Waals surface area contributed by atoms with E-state index >= 15 is 0 Å². The Balaban J connectivity index is 1.87. The molecule has 1 aliphatic rings. The maximum Gasteiger partial charge on any atom is 0.317 e. The van der Waals surface area contributed by atoms with Gasteiger partial charge in [-0.2, -0.15) is 0 Å². The Bertz CT molecular complexity index is 1100. The van der Waals surface area contributed by atoms with Gasteiger partial charge in [0.1, 0.15) is 23.6 Å². The highest BCUT2D eigenvalue weighted by molar-refractivity contribution is 5.85. The number of nitro groups is 1. The molecule has 0 saturated heterocycles. The molecule has 1 aliphatic heterocycles. The van der Waals surface area contributed by atoms with E-state index in [-0.39, 0.29) is 18.0 Å². The molecule has 4 rings (SSSR count). The SMILES string of the molecule is CCOC(=O)C1c2cc(-c3ccccc3)c([N+](=O)[O-])cc2OC1c1ccc(F)cc1. The van der Waals surface area contributed by atoms with Crippen molar-refractivity contribution in [3.63, 3.8) is 0 Å². The van der Waals surface area contributed by atoms with Gasteiger partial charge in [-0.05, 0) is 36.2 Å². The molecule has 0 aromatic heterocycles. The van der Waals surface area contributed by atoms with Gasteiger partial charge >= 0.3 is 5.97 Å². The van der Waals surface area contributed by atoms with E-state index in [0.29, 0.717) is 22.3 Å². The molecule has 0 spiro atoms. The Labute approximate surface area is 172 Å². The van der Waals surface area contributed by atoms with E-state index in [9.17, 15) is 19.3 Å². The summed E-state index contributed by atoms with van der Waals surface area (Å²) in [5, 5.41) is 11.7. The first-order valence-corrected chi connectivity index (χ1v) is 9.46. The molecule has 6 nitrogen and oxygen atoms in total. The number of nitro benzene ring substituents is 1. The van der Waals surface area contributed by atoms with Crippen LogP contribution in [0.3, 0.4) is 0 Å². The summed E-state index contributed by atoms with van der Waals surface area (Å²) in [7, 11) is 0. The molecule has 0 N–H and O–H groups in total. The van der Waals surface area contributed by atoms with Crippen LogP contribution >= 0.6 is 0 Å². The third-order valence-electron chi connectivity index (χ3n) is 5.04. The van der Waals surface area contributed by atoms with Gasteiger partial charge in [-0.1, -0.05) is 42.5 Å². The summed E-state index contributed by atoms with van der Waals surface area (Å²) < 4.78 is 24.6. The van der Waals surface area contributed by atoms with Crippen LogP contribution in [0.25, 0.3) is 11.1 Å². The average molecular weight is 407 g/mol. The molecule has 2 unspecified atom stereocenters. The molecule has 30 heavy (non-hydrogen) atoms. The summed E-state index contributed by atoms with van der Waals surface area (Å²) in [6.07, 6.45) is -0.773. The van der Waals surface area contributed by atoms with Crippen LogP contribution < -0.4 is 4.74 Å². The van der Waals surface area contributed by atoms with Gasteiger partial charge in [0.25, 0.3) is 5.69 Å². The molecule has 1 heterocycles. The smallest absolute Gasteiger partial charge is 0.317 e. The molecule has 3 aromatic rings. The van der Waals surface area contributed by atoms with Gasteiger partial charge in [-0.15, -0.1) is 0 Å². The van der Waals surface area contributed by atoms with Crippen LogP contribution in [0.5, 0.6) is 5.75 Å². The number of fused-ring (bicyclic) bond motifs is 1. The number of benzene rings is 3. The summed E-state index contributed by atoms with van der Waals surface area (Å²) in [6, 6.07) is 17.5. The Morgan fingerprint density at radius 2 is 1.83 bits per heavy atom. The van der Waals surface area contributed by atoms with E-state index < -0.39 is 28.7 Å². The first kappa shape index (κ1) is 19.6. The molecule has 0 radical (unpaired) electrons. The minimum absolute atomic E-state index is 0.123. The van der Waals surface area contributed by atoms with Crippen molar-refractivity contribution < 1.29 is 23.6 Å². The van der Waals surface area contributed by atoms with E-state index in [0.717, 1.165) is 0 Å². The van der Waals surface area contributed by atoms with E-state index in [1.807, 2.05) is 6.07 Å². The van der Waals surface area contributed by atoms with Crippen LogP contribution in [0.15, 0.2) is 66.7 Å². The third kappa shape index (κ3) is 3.50. The molecular formula is C23H18FNO5. The predicted octanol–water partition coefficient (Wildman–Crippen LogP) is 5.18. The van der Waals surface area contributed by atoms with E-state index in [2.05, 4.69) is 0 Å². The second-order valence-corrected chi connectivity index (χ2v) is 6.85. The van der Waals surface area contributed by atoms with Crippen LogP contribution in [-0.4, -0.2) is 17.5 Å². The van der Waals surface area contributed by atoms with Crippen molar-refractivity contribution in [2.75, 3.05) is 6.61 Å². The Kier molecular flexibility index (Phi) is 5.18. The molecule has 0 aliphatic carbocycles. The zero-order valence-corrected chi connectivity index (χ0v) is 16.1. The zero-order valence-electron chi connectivity index (χ0n) is 16.1. The van der Waals surface area contributed by atoms with Crippen LogP contribution in [0.1, 0.15) is 30.1 Å². The lowest BCUT2D eigenvalue weighted by molar-refractivity contribution is -0.384. The number of rotatable bonds is 5. The fourth-order valence-corrected chi connectivity index (χ4v) is 3.69. The van der Waals surface area contributed by atoms with Crippen molar-refractivity contribution >= 4 is 11.7 Å². The highest BCUT2D eigenvalue weighted by atomic mass is 19.1. The maximum absolute atomic E-state index is 13.4. The molecule has 0 amide bonds. The fourth-order valence-electron chi connectivity index (χ4n) is 3.69. The summed E-state index contributed by atoms with van der Waals surface area (Å²) in [4.78, 5) is 24.1. The number of nitrogens with zero attached hydrogens (tertiary/aromatic N) is 1. The molecule has 0 fully saturated rings. The maximum atomic E-state index is 13.4. The topological polar surface area (TPSA) is 78.7 Å². The first-order valence-electron chi connectivity index (χ1n) is 9.46. The normalized spacial score (nSPS) is 17.1. The number of halogens is 1. The number of carbonyl (C=O) groups is 1. The number of esters is 1. The van der Waals surface area contributed by atoms with Crippen molar-refractivity contribution in [3.8, 4) is 16.9 Å². The zero-order chi connectivity index (χ0) is 21.3. The third-order valence-corrected chi connectivity index (χ3v) is 5.04. The van der Waals surface area contributed by atoms with Crippen LogP contribution in [-0.2, 0) is 9.53 Å². The Morgan fingerprint density at radius 1 is 1.13 bits per heavy atom. The molecule has 0 saturated carbocycles. The highest BCUT2D eigenvalue weighted by Crippen LogP contribution is 2.50. The van der Waals surface area contributed by atoms with Crippen molar-refractivity contribution in [1.82, 2.24) is 0 Å². The van der Waals surface area contributed by atoms with Crippen molar-refractivity contribution in [2.45, 2.75) is 18.9 Å². The van der Waals surface area contributed by atoms with Gasteiger partial charge in [0, 0.05) is 5.56 Å². The number of hydrogen-bond acceptors (Lipinski definition) is 5. The lowest BCUT2D eigenvalue weighted by atomic mass is 9.89. The monoisotopic (exact) mass is 407 g/mol. The van der Waals surface area contributed by atoms with Crippen molar-refractivity contribution in [3.05, 3.63) is 93.8 Å². The summed E-state index contributed by atoms with van der Waals surface area (Å²) in [5.41, 5.74) is 2.00. The molecular weight excluding hydrogens is 389 g/mol. The molecule has 0 bridgehead atoms. The van der Waals surface area contributed by atoms with Crippen molar-refractivity contribution in [2.24, 2.45) is 0 Å². The van der Waals surface area contributed by atoms with Crippen molar-refractivity contribution in [1.29, 1.82) is 0 Å². The van der Waals surface area contributed by atoms with Crippen LogP contribution in [0.4, 0.5) is 10.1 Å². The lowest BCUT2D eigenvalue weighted by Crippen LogP contribution is -2.21.